The van der Waals surface area contributed by atoms with Gasteiger partial charge in [0.2, 0.25) is 0 Å². The zero-order chi connectivity index (χ0) is 22.0. The molecule has 0 unspecified atom stereocenters. The Balaban J connectivity index is 1.62. The van der Waals surface area contributed by atoms with Gasteiger partial charge in [-0.05, 0) is 49.7 Å². The molecule has 1 atom stereocenters. The Morgan fingerprint density at radius 3 is 2.81 bits per heavy atom. The van der Waals surface area contributed by atoms with Crippen molar-refractivity contribution < 1.29 is 4.74 Å². The van der Waals surface area contributed by atoms with Crippen LogP contribution >= 0.6 is 11.5 Å². The van der Waals surface area contributed by atoms with Crippen LogP contribution in [0.3, 0.4) is 0 Å². The van der Waals surface area contributed by atoms with Crippen LogP contribution in [-0.2, 0) is 0 Å². The summed E-state index contributed by atoms with van der Waals surface area (Å²) in [6.45, 7) is 8.28. The van der Waals surface area contributed by atoms with Crippen LogP contribution in [0.5, 0.6) is 5.75 Å². The third kappa shape index (κ3) is 4.09. The molecule has 1 aliphatic rings. The third-order valence-corrected chi connectivity index (χ3v) is 5.98. The normalized spacial score (nSPS) is 14.5. The number of hydrogen-bond donors (Lipinski definition) is 1. The van der Waals surface area contributed by atoms with Gasteiger partial charge in [0.05, 0.1) is 47.8 Å². The molecule has 0 radical (unpaired) electrons. The first-order chi connectivity index (χ1) is 15.0. The zero-order valence-electron chi connectivity index (χ0n) is 17.5. The number of rotatable bonds is 6. The van der Waals surface area contributed by atoms with Crippen molar-refractivity contribution in [3.8, 4) is 17.5 Å². The topological polar surface area (TPSA) is 79.0 Å². The lowest BCUT2D eigenvalue weighted by Gasteiger charge is -2.33. The molecule has 0 amide bonds. The van der Waals surface area contributed by atoms with Crippen molar-refractivity contribution >= 4 is 17.2 Å². The van der Waals surface area contributed by atoms with Crippen molar-refractivity contribution in [1.29, 1.82) is 5.26 Å². The zero-order valence-corrected chi connectivity index (χ0v) is 18.3. The van der Waals surface area contributed by atoms with E-state index in [1.807, 2.05) is 53.1 Å². The summed E-state index contributed by atoms with van der Waals surface area (Å²) < 4.78 is 11.7. The van der Waals surface area contributed by atoms with Crippen molar-refractivity contribution in [1.82, 2.24) is 18.8 Å². The van der Waals surface area contributed by atoms with Crippen molar-refractivity contribution in [2.75, 3.05) is 12.4 Å². The Morgan fingerprint density at radius 1 is 1.32 bits per heavy atom. The largest absolute Gasteiger partial charge is 0.494 e. The van der Waals surface area contributed by atoms with Crippen molar-refractivity contribution in [2.45, 2.75) is 19.9 Å². The summed E-state index contributed by atoms with van der Waals surface area (Å²) >= 11 is 1.44. The van der Waals surface area contributed by atoms with Crippen LogP contribution in [0.25, 0.3) is 5.69 Å². The standard InChI is InChI=1S/C23H22N6OS/c1-15-12-28(14-25-15)21-6-5-19(10-22(21)30-4)27-20-9-18(11-24)13-29(16(20)2)17(3)23-7-8-26-31-23/h5-10,12-14,17,27H,2H2,1,3-4H3/t17-/m0/s1. The van der Waals surface area contributed by atoms with Gasteiger partial charge in [0.1, 0.15) is 11.8 Å². The quantitative estimate of drug-likeness (QED) is 0.597. The number of ether oxygens (including phenoxy) is 1. The lowest BCUT2D eigenvalue weighted by atomic mass is 10.1. The number of benzene rings is 1. The number of aromatic nitrogens is 3. The summed E-state index contributed by atoms with van der Waals surface area (Å²) in [6.07, 6.45) is 9.11. The van der Waals surface area contributed by atoms with E-state index in [-0.39, 0.29) is 6.04 Å². The first-order valence-corrected chi connectivity index (χ1v) is 10.5. The van der Waals surface area contributed by atoms with Crippen molar-refractivity contribution in [2.24, 2.45) is 0 Å². The van der Waals surface area contributed by atoms with Crippen LogP contribution in [0, 0.1) is 18.3 Å². The van der Waals surface area contributed by atoms with E-state index in [1.54, 1.807) is 25.7 Å². The molecule has 3 aromatic rings. The van der Waals surface area contributed by atoms with Gasteiger partial charge < -0.3 is 19.5 Å². The van der Waals surface area contributed by atoms with Gasteiger partial charge in [0, 0.05) is 35.2 Å². The lowest BCUT2D eigenvalue weighted by Crippen LogP contribution is -2.26. The maximum absolute atomic E-state index is 9.55. The average Bonchev–Trinajstić information content (AvgIpc) is 3.46. The number of hydrogen-bond acceptors (Lipinski definition) is 7. The van der Waals surface area contributed by atoms with E-state index in [1.165, 1.54) is 11.5 Å². The van der Waals surface area contributed by atoms with E-state index >= 15 is 0 Å². The van der Waals surface area contributed by atoms with Crippen LogP contribution in [0.4, 0.5) is 5.69 Å². The van der Waals surface area contributed by atoms with Crippen LogP contribution < -0.4 is 10.1 Å². The number of nitrogens with zero attached hydrogens (tertiary/aromatic N) is 5. The molecular formula is C23H22N6OS. The predicted molar refractivity (Wildman–Crippen MR) is 122 cm³/mol. The Bertz CT molecular complexity index is 1220. The minimum absolute atomic E-state index is 0.00948. The van der Waals surface area contributed by atoms with Gasteiger partial charge in [-0.3, -0.25) is 0 Å². The molecule has 4 rings (SSSR count). The second kappa shape index (κ2) is 8.50. The van der Waals surface area contributed by atoms with E-state index in [0.717, 1.165) is 33.3 Å². The molecule has 0 saturated carbocycles. The monoisotopic (exact) mass is 430 g/mol. The van der Waals surface area contributed by atoms with E-state index < -0.39 is 0 Å². The van der Waals surface area contributed by atoms with Crippen molar-refractivity contribution in [3.63, 3.8) is 0 Å². The first kappa shape index (κ1) is 20.4. The molecule has 3 heterocycles. The van der Waals surface area contributed by atoms with E-state index in [0.29, 0.717) is 11.3 Å². The maximum atomic E-state index is 9.55. The van der Waals surface area contributed by atoms with Gasteiger partial charge in [-0.25, -0.2) is 9.36 Å². The van der Waals surface area contributed by atoms with Gasteiger partial charge >= 0.3 is 0 Å². The Hall–Kier alpha value is -3.83. The van der Waals surface area contributed by atoms with Gasteiger partial charge in [-0.15, -0.1) is 0 Å². The summed E-state index contributed by atoms with van der Waals surface area (Å²) in [5.74, 6) is 0.704. The fourth-order valence-corrected chi connectivity index (χ4v) is 4.04. The maximum Gasteiger partial charge on any atom is 0.144 e. The summed E-state index contributed by atoms with van der Waals surface area (Å²) in [5.41, 5.74) is 4.72. The summed E-state index contributed by atoms with van der Waals surface area (Å²) in [6, 6.07) is 10.1. The molecular weight excluding hydrogens is 408 g/mol. The van der Waals surface area contributed by atoms with Crippen molar-refractivity contribution in [3.05, 3.63) is 89.4 Å². The second-order valence-electron chi connectivity index (χ2n) is 7.13. The SMILES string of the molecule is C=C1C(Nc2ccc(-n3cnc(C)c3)c(OC)c2)=CC(C#N)=CN1[C@@H](C)c1ccns1. The highest BCUT2D eigenvalue weighted by Gasteiger charge is 2.24. The number of anilines is 1. The molecule has 156 valence electrons. The molecule has 31 heavy (non-hydrogen) atoms. The van der Waals surface area contributed by atoms with Gasteiger partial charge in [-0.2, -0.15) is 5.26 Å². The minimum Gasteiger partial charge on any atom is -0.494 e. The predicted octanol–water partition coefficient (Wildman–Crippen LogP) is 4.94. The van der Waals surface area contributed by atoms with E-state index in [9.17, 15) is 5.26 Å². The molecule has 1 aromatic carbocycles. The Labute approximate surface area is 185 Å². The molecule has 1 aliphatic heterocycles. The average molecular weight is 431 g/mol. The molecule has 2 aromatic heterocycles. The Morgan fingerprint density at radius 2 is 2.16 bits per heavy atom. The molecule has 1 N–H and O–H groups in total. The number of allylic oxidation sites excluding steroid dienone is 2. The highest BCUT2D eigenvalue weighted by atomic mass is 32.1. The molecule has 0 aliphatic carbocycles. The van der Waals surface area contributed by atoms with Gasteiger partial charge in [0.15, 0.2) is 0 Å². The molecule has 0 spiro atoms. The summed E-state index contributed by atoms with van der Waals surface area (Å²) in [4.78, 5) is 7.37. The number of methoxy groups -OCH3 is 1. The molecule has 0 bridgehead atoms. The number of nitrogens with one attached hydrogen (secondary N) is 1. The second-order valence-corrected chi connectivity index (χ2v) is 8.00. The molecule has 8 heteroatoms. The summed E-state index contributed by atoms with van der Waals surface area (Å²) in [5, 5.41) is 12.9. The van der Waals surface area contributed by atoms with Crippen LogP contribution in [0.1, 0.15) is 23.5 Å². The smallest absolute Gasteiger partial charge is 0.144 e. The number of aryl methyl sites for hydroxylation is 1. The van der Waals surface area contributed by atoms with Crippen LogP contribution in [0.15, 0.2) is 78.8 Å². The highest BCUT2D eigenvalue weighted by Crippen LogP contribution is 2.34. The third-order valence-electron chi connectivity index (χ3n) is 5.07. The lowest BCUT2D eigenvalue weighted by molar-refractivity contribution is 0.378. The van der Waals surface area contributed by atoms with E-state index in [4.69, 9.17) is 4.74 Å². The van der Waals surface area contributed by atoms with Gasteiger partial charge in [-0.1, -0.05) is 6.58 Å². The fraction of sp³-hybridized carbons (Fsp3) is 0.174. The minimum atomic E-state index is 0.00948. The molecule has 7 nitrogen and oxygen atoms in total. The fourth-order valence-electron chi connectivity index (χ4n) is 3.41. The summed E-state index contributed by atoms with van der Waals surface area (Å²) in [7, 11) is 1.64. The van der Waals surface area contributed by atoms with Crippen LogP contribution in [-0.4, -0.2) is 25.9 Å². The highest BCUT2D eigenvalue weighted by molar-refractivity contribution is 7.05. The molecule has 0 saturated heterocycles. The number of nitriles is 1. The Kier molecular flexibility index (Phi) is 5.60. The first-order valence-electron chi connectivity index (χ1n) is 9.68. The van der Waals surface area contributed by atoms with E-state index in [2.05, 4.69) is 34.2 Å². The van der Waals surface area contributed by atoms with Crippen LogP contribution in [0.2, 0.25) is 0 Å². The number of imidazole rings is 1. The molecule has 0 fully saturated rings. The van der Waals surface area contributed by atoms with Gasteiger partial charge in [0.25, 0.3) is 0 Å².